The molecule has 3 N–H and O–H groups in total. The predicted octanol–water partition coefficient (Wildman–Crippen LogP) is 3.39. The average Bonchev–Trinajstić information content (AvgIpc) is 3.10. The highest BCUT2D eigenvalue weighted by atomic mass is 32.2. The smallest absolute Gasteiger partial charge is 0.162 e. The molecule has 5 nitrogen and oxygen atoms in total. The van der Waals surface area contributed by atoms with Crippen LogP contribution in [0.3, 0.4) is 0 Å². The van der Waals surface area contributed by atoms with Crippen molar-refractivity contribution in [3.63, 3.8) is 0 Å². The zero-order valence-electron chi connectivity index (χ0n) is 13.8. The zero-order chi connectivity index (χ0) is 16.8. The van der Waals surface area contributed by atoms with Crippen molar-refractivity contribution in [3.05, 3.63) is 60.2 Å². The minimum atomic E-state index is 0.0277. The van der Waals surface area contributed by atoms with Gasteiger partial charge >= 0.3 is 0 Å². The van der Waals surface area contributed by atoms with Crippen molar-refractivity contribution in [2.45, 2.75) is 18.6 Å². The highest BCUT2D eigenvalue weighted by molar-refractivity contribution is 8.13. The molecule has 2 aromatic carbocycles. The summed E-state index contributed by atoms with van der Waals surface area (Å²) >= 11 is 1.61. The topological polar surface area (TPSA) is 57.7 Å². The Balaban J connectivity index is 1.65. The van der Waals surface area contributed by atoms with Crippen LogP contribution < -0.4 is 20.9 Å². The van der Waals surface area contributed by atoms with Gasteiger partial charge in [-0.1, -0.05) is 42.1 Å². The number of amidine groups is 1. The number of hydrogen-bond acceptors (Lipinski definition) is 5. The lowest BCUT2D eigenvalue weighted by atomic mass is 10.0. The number of para-hydroxylation sites is 1. The number of nitrogens with one attached hydrogen (secondary N) is 3. The molecule has 0 saturated carbocycles. The molecule has 0 amide bonds. The fraction of sp³-hybridized carbons (Fsp3) is 0.278. The first-order chi connectivity index (χ1) is 11.8. The second-order valence-corrected chi connectivity index (χ2v) is 6.29. The van der Waals surface area contributed by atoms with Gasteiger partial charge in [0.05, 0.1) is 7.11 Å². The number of rotatable bonds is 4. The molecule has 2 atom stereocenters. The monoisotopic (exact) mass is 342 g/mol. The van der Waals surface area contributed by atoms with Crippen LogP contribution in [0.25, 0.3) is 0 Å². The highest BCUT2D eigenvalue weighted by Gasteiger charge is 2.25. The van der Waals surface area contributed by atoms with Gasteiger partial charge in [0.15, 0.2) is 5.17 Å². The third kappa shape index (κ3) is 4.29. The normalized spacial score (nSPS) is 20.8. The van der Waals surface area contributed by atoms with E-state index in [2.05, 4.69) is 28.3 Å². The van der Waals surface area contributed by atoms with Crippen LogP contribution in [-0.4, -0.2) is 24.7 Å². The van der Waals surface area contributed by atoms with Crippen LogP contribution in [0.1, 0.15) is 18.0 Å². The Labute approximate surface area is 146 Å². The second-order valence-electron chi connectivity index (χ2n) is 5.50. The van der Waals surface area contributed by atoms with Gasteiger partial charge in [-0.2, -0.15) is 0 Å². The number of anilines is 1. The van der Waals surface area contributed by atoms with E-state index in [-0.39, 0.29) is 12.2 Å². The maximum atomic E-state index is 5.30. The lowest BCUT2D eigenvalue weighted by Gasteiger charge is -2.11. The third-order valence-electron chi connectivity index (χ3n) is 3.87. The summed E-state index contributed by atoms with van der Waals surface area (Å²) in [7, 11) is 1.69. The summed E-state index contributed by atoms with van der Waals surface area (Å²) in [5.74, 6) is 0.872. The molecule has 24 heavy (non-hydrogen) atoms. The largest absolute Gasteiger partial charge is 0.497 e. The third-order valence-corrected chi connectivity index (χ3v) is 4.46. The molecule has 0 aliphatic carbocycles. The van der Waals surface area contributed by atoms with Crippen molar-refractivity contribution in [1.82, 2.24) is 10.9 Å². The summed E-state index contributed by atoms with van der Waals surface area (Å²) in [5.41, 5.74) is 8.82. The molecule has 6 heteroatoms. The molecule has 0 aromatic heterocycles. The van der Waals surface area contributed by atoms with Gasteiger partial charge in [-0.25, -0.2) is 15.8 Å². The van der Waals surface area contributed by atoms with Gasteiger partial charge in [-0.3, -0.25) is 0 Å². The molecule has 0 spiro atoms. The molecule has 1 aliphatic heterocycles. The minimum Gasteiger partial charge on any atom is -0.497 e. The van der Waals surface area contributed by atoms with Crippen molar-refractivity contribution in [3.8, 4) is 5.75 Å². The number of hydrogen-bond donors (Lipinski definition) is 3. The Hall–Kier alpha value is -2.02. The van der Waals surface area contributed by atoms with Gasteiger partial charge < -0.3 is 10.1 Å². The van der Waals surface area contributed by atoms with Gasteiger partial charge in [0.2, 0.25) is 0 Å². The summed E-state index contributed by atoms with van der Waals surface area (Å²) in [4.78, 5) is 4.77. The molecule has 1 aliphatic rings. The van der Waals surface area contributed by atoms with Crippen LogP contribution in [0.15, 0.2) is 59.6 Å². The van der Waals surface area contributed by atoms with Crippen molar-refractivity contribution in [2.24, 2.45) is 4.99 Å². The summed E-state index contributed by atoms with van der Waals surface area (Å²) in [6, 6.07) is 18.4. The first-order valence-electron chi connectivity index (χ1n) is 7.87. The molecule has 0 radical (unpaired) electrons. The van der Waals surface area contributed by atoms with Crippen LogP contribution in [0.2, 0.25) is 0 Å². The van der Waals surface area contributed by atoms with Gasteiger partial charge in [-0.15, -0.1) is 0 Å². The first kappa shape index (κ1) is 16.8. The van der Waals surface area contributed by atoms with Crippen molar-refractivity contribution >= 4 is 22.6 Å². The van der Waals surface area contributed by atoms with Gasteiger partial charge in [-0.05, 0) is 36.1 Å². The zero-order valence-corrected chi connectivity index (χ0v) is 14.6. The van der Waals surface area contributed by atoms with Crippen molar-refractivity contribution in [1.29, 1.82) is 0 Å². The Kier molecular flexibility index (Phi) is 5.74. The van der Waals surface area contributed by atoms with Crippen LogP contribution in [0.4, 0.5) is 5.69 Å². The second kappa shape index (κ2) is 8.19. The van der Waals surface area contributed by atoms with E-state index in [1.807, 2.05) is 48.7 Å². The molecule has 2 unspecified atom stereocenters. The van der Waals surface area contributed by atoms with E-state index in [4.69, 9.17) is 9.73 Å². The number of thioether (sulfide) groups is 1. The Morgan fingerprint density at radius 2 is 2.00 bits per heavy atom. The maximum absolute atomic E-state index is 5.30. The first-order valence-corrected chi connectivity index (χ1v) is 9.10. The van der Waals surface area contributed by atoms with Gasteiger partial charge in [0, 0.05) is 18.2 Å². The minimum absolute atomic E-state index is 0.0277. The number of benzene rings is 2. The molecular formula is C18H22N4OS. The number of hydrazine groups is 1. The molecule has 126 valence electrons. The summed E-state index contributed by atoms with van der Waals surface area (Å²) < 4.78 is 5.30. The van der Waals surface area contributed by atoms with E-state index >= 15 is 0 Å². The highest BCUT2D eigenvalue weighted by Crippen LogP contribution is 2.26. The van der Waals surface area contributed by atoms with E-state index in [0.29, 0.717) is 0 Å². The van der Waals surface area contributed by atoms with Crippen molar-refractivity contribution in [2.75, 3.05) is 18.7 Å². The van der Waals surface area contributed by atoms with Gasteiger partial charge in [0.25, 0.3) is 0 Å². The van der Waals surface area contributed by atoms with Crippen LogP contribution >= 0.6 is 11.8 Å². The SMILES string of the molecule is COc1cccc(C2CC(/N=C(/Nc3ccccc3)SC)NN2)c1. The van der Waals surface area contributed by atoms with E-state index in [9.17, 15) is 0 Å². The Bertz CT molecular complexity index is 692. The fourth-order valence-corrected chi connectivity index (χ4v) is 3.08. The van der Waals surface area contributed by atoms with Crippen LogP contribution in [0, 0.1) is 0 Å². The molecule has 3 rings (SSSR count). The number of nitrogens with zero attached hydrogens (tertiary/aromatic N) is 1. The molecule has 1 fully saturated rings. The molecule has 2 aromatic rings. The van der Waals surface area contributed by atoms with E-state index in [1.165, 1.54) is 5.56 Å². The predicted molar refractivity (Wildman–Crippen MR) is 101 cm³/mol. The summed E-state index contributed by atoms with van der Waals surface area (Å²) in [6.45, 7) is 0. The maximum Gasteiger partial charge on any atom is 0.162 e. The molecular weight excluding hydrogens is 320 g/mol. The number of ether oxygens (including phenoxy) is 1. The molecule has 1 heterocycles. The van der Waals surface area contributed by atoms with E-state index in [1.54, 1.807) is 18.9 Å². The molecule has 1 saturated heterocycles. The Morgan fingerprint density at radius 3 is 2.75 bits per heavy atom. The van der Waals surface area contributed by atoms with E-state index in [0.717, 1.165) is 23.0 Å². The standard InChI is InChI=1S/C18H22N4OS/c1-23-15-10-6-7-13(11-15)16-12-17(22-21-16)20-18(24-2)19-14-8-4-3-5-9-14/h3-11,16-17,21-22H,12H2,1-2H3,(H,19,20). The Morgan fingerprint density at radius 1 is 1.17 bits per heavy atom. The number of aliphatic imine (C=N–C) groups is 1. The van der Waals surface area contributed by atoms with Crippen LogP contribution in [0.5, 0.6) is 5.75 Å². The lowest BCUT2D eigenvalue weighted by molar-refractivity contribution is 0.413. The van der Waals surface area contributed by atoms with Gasteiger partial charge in [0.1, 0.15) is 11.9 Å². The number of methoxy groups -OCH3 is 1. The van der Waals surface area contributed by atoms with E-state index < -0.39 is 0 Å². The average molecular weight is 342 g/mol. The van der Waals surface area contributed by atoms with Crippen LogP contribution in [-0.2, 0) is 0 Å². The lowest BCUT2D eigenvalue weighted by Crippen LogP contribution is -2.30. The fourth-order valence-electron chi connectivity index (χ4n) is 2.62. The van der Waals surface area contributed by atoms with Crippen molar-refractivity contribution < 1.29 is 4.74 Å². The quantitative estimate of drug-likeness (QED) is 0.587. The summed E-state index contributed by atoms with van der Waals surface area (Å²) in [6.07, 6.45) is 2.93. The molecule has 0 bridgehead atoms. The summed E-state index contributed by atoms with van der Waals surface area (Å²) in [5, 5.41) is 4.25.